The molecule has 1 saturated heterocycles. The van der Waals surface area contributed by atoms with Crippen LogP contribution in [-0.2, 0) is 0 Å². The smallest absolute Gasteiger partial charge is 0.256 e. The molecule has 1 fully saturated rings. The molecule has 0 aliphatic carbocycles. The summed E-state index contributed by atoms with van der Waals surface area (Å²) >= 11 is 1.69. The Labute approximate surface area is 188 Å². The summed E-state index contributed by atoms with van der Waals surface area (Å²) in [5.74, 6) is 0.817. The minimum absolute atomic E-state index is 0.0507. The molecule has 4 nitrogen and oxygen atoms in total. The number of aryl methyl sites for hydroxylation is 1. The molecule has 1 aromatic heterocycles. The summed E-state index contributed by atoms with van der Waals surface area (Å²) in [5.41, 5.74) is 4.50. The molecule has 0 bridgehead atoms. The molecule has 2 heterocycles. The van der Waals surface area contributed by atoms with Crippen molar-refractivity contribution in [1.82, 2.24) is 0 Å². The van der Waals surface area contributed by atoms with Crippen LogP contribution in [0.2, 0.25) is 0 Å². The van der Waals surface area contributed by atoms with Gasteiger partial charge in [-0.25, -0.2) is 0 Å². The fourth-order valence-corrected chi connectivity index (χ4v) is 5.64. The Kier molecular flexibility index (Phi) is 6.73. The minimum Gasteiger partial charge on any atom is -0.497 e. The summed E-state index contributed by atoms with van der Waals surface area (Å²) in [7, 11) is 1.70. The summed E-state index contributed by atoms with van der Waals surface area (Å²) < 4.78 is 5.39. The van der Waals surface area contributed by atoms with Crippen LogP contribution in [0.4, 0.5) is 5.00 Å². The van der Waals surface area contributed by atoms with Crippen LogP contribution in [-0.4, -0.2) is 26.1 Å². The zero-order valence-electron chi connectivity index (χ0n) is 18.5. The molecular weight excluding hydrogens is 404 g/mol. The van der Waals surface area contributed by atoms with Crippen LogP contribution in [0.25, 0.3) is 0 Å². The third kappa shape index (κ3) is 4.68. The summed E-state index contributed by atoms with van der Waals surface area (Å²) in [5, 5.41) is 4.22. The van der Waals surface area contributed by atoms with Crippen molar-refractivity contribution >= 4 is 22.2 Å². The quantitative estimate of drug-likeness (QED) is 0.585. The third-order valence-electron chi connectivity index (χ3n) is 6.34. The second kappa shape index (κ2) is 9.67. The number of carbonyl (C=O) groups excluding carboxylic acids is 1. The van der Waals surface area contributed by atoms with Gasteiger partial charge in [0.2, 0.25) is 0 Å². The first-order chi connectivity index (χ1) is 15.1. The van der Waals surface area contributed by atoms with Crippen LogP contribution in [0.1, 0.15) is 57.2 Å². The lowest BCUT2D eigenvalue weighted by Crippen LogP contribution is -3.13. The van der Waals surface area contributed by atoms with Crippen molar-refractivity contribution in [2.45, 2.75) is 39.2 Å². The number of piperidine rings is 1. The second-order valence-electron chi connectivity index (χ2n) is 8.27. The maximum atomic E-state index is 13.0. The fraction of sp³-hybridized carbons (Fsp3) is 0.346. The Balaban J connectivity index is 1.75. The number of carbonyl (C=O) groups is 1. The number of likely N-dealkylation sites (tertiary alicyclic amines) is 1. The van der Waals surface area contributed by atoms with Crippen molar-refractivity contribution in [1.29, 1.82) is 0 Å². The first-order valence-electron chi connectivity index (χ1n) is 11.0. The summed E-state index contributed by atoms with van der Waals surface area (Å²) in [6.07, 6.45) is 3.80. The highest BCUT2D eigenvalue weighted by Crippen LogP contribution is 2.39. The van der Waals surface area contributed by atoms with E-state index in [-0.39, 0.29) is 11.9 Å². The van der Waals surface area contributed by atoms with Gasteiger partial charge in [-0.2, -0.15) is 0 Å². The minimum atomic E-state index is -0.0507. The number of hydrogen-bond acceptors (Lipinski definition) is 3. The monoisotopic (exact) mass is 435 g/mol. The first-order valence-corrected chi connectivity index (χ1v) is 11.8. The van der Waals surface area contributed by atoms with Crippen LogP contribution < -0.4 is 15.0 Å². The van der Waals surface area contributed by atoms with Gasteiger partial charge in [0.1, 0.15) is 16.8 Å². The lowest BCUT2D eigenvalue weighted by molar-refractivity contribution is -0.930. The Hall–Kier alpha value is -2.63. The van der Waals surface area contributed by atoms with E-state index in [4.69, 9.17) is 4.74 Å². The van der Waals surface area contributed by atoms with Crippen molar-refractivity contribution in [3.05, 3.63) is 81.7 Å². The summed E-state index contributed by atoms with van der Waals surface area (Å²) in [4.78, 5) is 15.8. The molecule has 5 heteroatoms. The van der Waals surface area contributed by atoms with Crippen LogP contribution in [0.15, 0.2) is 54.6 Å². The van der Waals surface area contributed by atoms with Crippen LogP contribution >= 0.6 is 11.3 Å². The van der Waals surface area contributed by atoms with Gasteiger partial charge in [0.05, 0.1) is 25.8 Å². The van der Waals surface area contributed by atoms with E-state index in [9.17, 15) is 4.79 Å². The van der Waals surface area contributed by atoms with Crippen molar-refractivity contribution in [3.8, 4) is 5.75 Å². The number of nitrogens with one attached hydrogen (secondary N) is 2. The number of anilines is 1. The Bertz CT molecular complexity index is 1020. The number of quaternary nitrogens is 1. The van der Waals surface area contributed by atoms with Gasteiger partial charge in [-0.1, -0.05) is 18.2 Å². The van der Waals surface area contributed by atoms with Gasteiger partial charge in [-0.15, -0.1) is 11.3 Å². The van der Waals surface area contributed by atoms with Crippen molar-refractivity contribution in [2.24, 2.45) is 0 Å². The highest BCUT2D eigenvalue weighted by Gasteiger charge is 2.33. The fourth-order valence-electron chi connectivity index (χ4n) is 4.55. The molecule has 1 atom stereocenters. The van der Waals surface area contributed by atoms with Crippen LogP contribution in [0.3, 0.4) is 0 Å². The highest BCUT2D eigenvalue weighted by molar-refractivity contribution is 7.16. The lowest BCUT2D eigenvalue weighted by Gasteiger charge is -2.33. The second-order valence-corrected chi connectivity index (χ2v) is 9.50. The van der Waals surface area contributed by atoms with E-state index in [1.54, 1.807) is 23.3 Å². The Morgan fingerprint density at radius 1 is 1.00 bits per heavy atom. The van der Waals surface area contributed by atoms with E-state index in [1.165, 1.54) is 40.8 Å². The topological polar surface area (TPSA) is 42.8 Å². The molecule has 0 radical (unpaired) electrons. The van der Waals surface area contributed by atoms with Crippen molar-refractivity contribution in [2.75, 3.05) is 25.5 Å². The SMILES string of the molecule is COc1ccc([C@H](c2c(NC(=O)c3ccccc3)sc(C)c2C)[NH+]2CCCCC2)cc1. The van der Waals surface area contributed by atoms with E-state index in [0.717, 1.165) is 23.8 Å². The number of thiophene rings is 1. The molecule has 3 aromatic rings. The van der Waals surface area contributed by atoms with E-state index in [0.29, 0.717) is 5.56 Å². The number of amides is 1. The molecule has 1 aliphatic rings. The number of benzene rings is 2. The molecule has 0 spiro atoms. The normalized spacial score (nSPS) is 15.5. The van der Waals surface area contributed by atoms with Crippen molar-refractivity contribution in [3.63, 3.8) is 0 Å². The van der Waals surface area contributed by atoms with E-state index in [2.05, 4.69) is 31.3 Å². The van der Waals surface area contributed by atoms with E-state index >= 15 is 0 Å². The molecule has 31 heavy (non-hydrogen) atoms. The maximum absolute atomic E-state index is 13.0. The van der Waals surface area contributed by atoms with Gasteiger partial charge < -0.3 is 15.0 Å². The van der Waals surface area contributed by atoms with E-state index in [1.807, 2.05) is 42.5 Å². The van der Waals surface area contributed by atoms with Gasteiger partial charge in [-0.3, -0.25) is 4.79 Å². The molecule has 162 valence electrons. The molecule has 4 rings (SSSR count). The van der Waals surface area contributed by atoms with Gasteiger partial charge in [-0.05, 0) is 75.1 Å². The predicted octanol–water partition coefficient (Wildman–Crippen LogP) is 4.78. The average Bonchev–Trinajstić information content (AvgIpc) is 3.09. The zero-order chi connectivity index (χ0) is 21.8. The Morgan fingerprint density at radius 2 is 1.68 bits per heavy atom. The zero-order valence-corrected chi connectivity index (χ0v) is 19.4. The number of ether oxygens (including phenoxy) is 1. The van der Waals surface area contributed by atoms with E-state index < -0.39 is 0 Å². The molecule has 1 aliphatic heterocycles. The Morgan fingerprint density at radius 3 is 2.32 bits per heavy atom. The number of rotatable bonds is 6. The molecule has 2 N–H and O–H groups in total. The van der Waals surface area contributed by atoms with Gasteiger partial charge in [0.25, 0.3) is 5.91 Å². The standard InChI is InChI=1S/C26H30N2O2S/c1-18-19(2)31-26(27-25(29)21-10-6-4-7-11-21)23(18)24(28-16-8-5-9-17-28)20-12-14-22(30-3)15-13-20/h4,6-7,10-15,24H,5,8-9,16-17H2,1-3H3,(H,27,29)/p+1/t24-/m1/s1. The van der Waals surface area contributed by atoms with Crippen molar-refractivity contribution < 1.29 is 14.4 Å². The molecule has 0 unspecified atom stereocenters. The lowest BCUT2D eigenvalue weighted by atomic mass is 9.93. The summed E-state index contributed by atoms with van der Waals surface area (Å²) in [6.45, 7) is 6.64. The van der Waals surface area contributed by atoms with Gasteiger partial charge in [0.15, 0.2) is 0 Å². The first kappa shape index (κ1) is 21.6. The highest BCUT2D eigenvalue weighted by atomic mass is 32.1. The number of hydrogen-bond donors (Lipinski definition) is 2. The molecule has 0 saturated carbocycles. The third-order valence-corrected chi connectivity index (χ3v) is 7.48. The molecular formula is C26H31N2O2S+. The largest absolute Gasteiger partial charge is 0.497 e. The average molecular weight is 436 g/mol. The molecule has 1 amide bonds. The molecule has 2 aromatic carbocycles. The van der Waals surface area contributed by atoms with Gasteiger partial charge in [0, 0.05) is 16.0 Å². The predicted molar refractivity (Wildman–Crippen MR) is 128 cm³/mol. The number of methoxy groups -OCH3 is 1. The maximum Gasteiger partial charge on any atom is 0.256 e. The summed E-state index contributed by atoms with van der Waals surface area (Å²) in [6, 6.07) is 18.1. The van der Waals surface area contributed by atoms with Gasteiger partial charge >= 0.3 is 0 Å². The van der Waals surface area contributed by atoms with Crippen LogP contribution in [0, 0.1) is 13.8 Å². The van der Waals surface area contributed by atoms with Crippen LogP contribution in [0.5, 0.6) is 5.75 Å².